The van der Waals surface area contributed by atoms with E-state index in [1.54, 1.807) is 18.2 Å². The molecule has 0 heterocycles. The van der Waals surface area contributed by atoms with Gasteiger partial charge in [-0.3, -0.25) is 9.59 Å². The van der Waals surface area contributed by atoms with Crippen LogP contribution >= 0.6 is 11.8 Å². The lowest BCUT2D eigenvalue weighted by molar-refractivity contribution is -0.113. The molecule has 0 atom stereocenters. The summed E-state index contributed by atoms with van der Waals surface area (Å²) in [6.45, 7) is 1.48. The molecule has 2 rings (SSSR count). The summed E-state index contributed by atoms with van der Waals surface area (Å²) >= 11 is 1.33. The molecule has 0 radical (unpaired) electrons. The number of amides is 1. The van der Waals surface area contributed by atoms with Gasteiger partial charge in [0.25, 0.3) is 0 Å². The van der Waals surface area contributed by atoms with E-state index in [9.17, 15) is 18.8 Å². The normalized spacial score (nSPS) is 10.3. The lowest BCUT2D eigenvalue weighted by Gasteiger charge is -2.10. The zero-order valence-electron chi connectivity index (χ0n) is 15.7. The standard InChI is InChI=1S/C20H20FNO5S/c1-12(23)13-4-7-18(26-2)14(8-13)10-28-11-19(24)22-15-5-6-17(21)16(9-15)20(25)27-3/h4-9H,10-11H2,1-3H3,(H,22,24). The van der Waals surface area contributed by atoms with Gasteiger partial charge in [0.15, 0.2) is 5.78 Å². The van der Waals surface area contributed by atoms with Gasteiger partial charge in [-0.1, -0.05) is 0 Å². The molecule has 0 bridgehead atoms. The third-order valence-corrected chi connectivity index (χ3v) is 4.81. The number of hydrogen-bond donors (Lipinski definition) is 1. The molecule has 0 aromatic heterocycles. The van der Waals surface area contributed by atoms with Crippen molar-refractivity contribution in [2.45, 2.75) is 12.7 Å². The third kappa shape index (κ3) is 5.56. The number of anilines is 1. The van der Waals surface area contributed by atoms with Crippen molar-refractivity contribution in [3.63, 3.8) is 0 Å². The van der Waals surface area contributed by atoms with E-state index in [0.717, 1.165) is 18.7 Å². The van der Waals surface area contributed by atoms with E-state index in [4.69, 9.17) is 4.74 Å². The Morgan fingerprint density at radius 2 is 1.86 bits per heavy atom. The number of halogens is 1. The molecule has 6 nitrogen and oxygen atoms in total. The molecule has 0 aliphatic rings. The van der Waals surface area contributed by atoms with Gasteiger partial charge >= 0.3 is 5.97 Å². The number of carbonyl (C=O) groups is 3. The molecule has 0 saturated heterocycles. The van der Waals surface area contributed by atoms with Crippen LogP contribution in [0.5, 0.6) is 5.75 Å². The SMILES string of the molecule is COC(=O)c1cc(NC(=O)CSCc2cc(C(C)=O)ccc2OC)ccc1F. The molecule has 0 aliphatic carbocycles. The Labute approximate surface area is 166 Å². The summed E-state index contributed by atoms with van der Waals surface area (Å²) in [5.41, 5.74) is 1.42. The van der Waals surface area contributed by atoms with E-state index in [0.29, 0.717) is 22.8 Å². The number of ether oxygens (including phenoxy) is 2. The fourth-order valence-corrected chi connectivity index (χ4v) is 3.24. The number of rotatable bonds is 8. The Hall–Kier alpha value is -2.87. The molecule has 0 saturated carbocycles. The maximum atomic E-state index is 13.6. The molecular weight excluding hydrogens is 385 g/mol. The average Bonchev–Trinajstić information content (AvgIpc) is 2.68. The monoisotopic (exact) mass is 405 g/mol. The van der Waals surface area contributed by atoms with E-state index in [2.05, 4.69) is 10.1 Å². The van der Waals surface area contributed by atoms with Gasteiger partial charge in [-0.25, -0.2) is 9.18 Å². The van der Waals surface area contributed by atoms with E-state index in [1.165, 1.54) is 37.9 Å². The topological polar surface area (TPSA) is 81.7 Å². The fourth-order valence-electron chi connectivity index (χ4n) is 2.43. The Kier molecular flexibility index (Phi) is 7.57. The summed E-state index contributed by atoms with van der Waals surface area (Å²) in [6.07, 6.45) is 0. The van der Waals surface area contributed by atoms with Crippen LogP contribution < -0.4 is 10.1 Å². The largest absolute Gasteiger partial charge is 0.496 e. The maximum absolute atomic E-state index is 13.6. The smallest absolute Gasteiger partial charge is 0.340 e. The van der Waals surface area contributed by atoms with Gasteiger partial charge in [-0.15, -0.1) is 11.8 Å². The van der Waals surface area contributed by atoms with E-state index in [1.807, 2.05) is 0 Å². The van der Waals surface area contributed by atoms with Crippen LogP contribution in [-0.4, -0.2) is 37.6 Å². The summed E-state index contributed by atoms with van der Waals surface area (Å²) < 4.78 is 23.4. The highest BCUT2D eigenvalue weighted by molar-refractivity contribution is 7.99. The first-order valence-electron chi connectivity index (χ1n) is 8.29. The van der Waals surface area contributed by atoms with Crippen LogP contribution in [0.3, 0.4) is 0 Å². The first kappa shape index (κ1) is 21.4. The lowest BCUT2D eigenvalue weighted by Crippen LogP contribution is -2.15. The molecule has 1 N–H and O–H groups in total. The molecule has 1 amide bonds. The van der Waals surface area contributed by atoms with Gasteiger partial charge in [-0.05, 0) is 43.3 Å². The highest BCUT2D eigenvalue weighted by Crippen LogP contribution is 2.25. The summed E-state index contributed by atoms with van der Waals surface area (Å²) in [7, 11) is 2.69. The minimum absolute atomic E-state index is 0.0515. The molecule has 0 fully saturated rings. The van der Waals surface area contributed by atoms with Crippen molar-refractivity contribution in [3.05, 3.63) is 58.9 Å². The first-order chi connectivity index (χ1) is 13.3. The second-order valence-electron chi connectivity index (χ2n) is 5.81. The summed E-state index contributed by atoms with van der Waals surface area (Å²) in [5, 5.41) is 2.61. The fraction of sp³-hybridized carbons (Fsp3) is 0.250. The Morgan fingerprint density at radius 3 is 2.50 bits per heavy atom. The summed E-state index contributed by atoms with van der Waals surface area (Å²) in [5.74, 6) is -0.679. The minimum atomic E-state index is -0.819. The zero-order valence-corrected chi connectivity index (χ0v) is 16.5. The number of nitrogens with one attached hydrogen (secondary N) is 1. The zero-order chi connectivity index (χ0) is 20.7. The molecule has 148 valence electrons. The van der Waals surface area contributed by atoms with Gasteiger partial charge in [-0.2, -0.15) is 0 Å². The second kappa shape index (κ2) is 9.89. The van der Waals surface area contributed by atoms with Crippen molar-refractivity contribution in [2.24, 2.45) is 0 Å². The number of carbonyl (C=O) groups excluding carboxylic acids is 3. The highest BCUT2D eigenvalue weighted by atomic mass is 32.2. The molecule has 8 heteroatoms. The molecule has 2 aromatic rings. The predicted molar refractivity (Wildman–Crippen MR) is 106 cm³/mol. The van der Waals surface area contributed by atoms with Crippen LogP contribution in [0, 0.1) is 5.82 Å². The van der Waals surface area contributed by atoms with Crippen molar-refractivity contribution in [2.75, 3.05) is 25.3 Å². The van der Waals surface area contributed by atoms with Crippen LogP contribution in [0.15, 0.2) is 36.4 Å². The molecule has 2 aromatic carbocycles. The number of esters is 1. The van der Waals surface area contributed by atoms with Crippen molar-refractivity contribution >= 4 is 35.1 Å². The van der Waals surface area contributed by atoms with Crippen LogP contribution in [0.25, 0.3) is 0 Å². The van der Waals surface area contributed by atoms with Crippen LogP contribution in [-0.2, 0) is 15.3 Å². The van der Waals surface area contributed by atoms with Crippen molar-refractivity contribution < 1.29 is 28.2 Å². The number of thioether (sulfide) groups is 1. The predicted octanol–water partition coefficient (Wildman–Crippen LogP) is 3.70. The first-order valence-corrected chi connectivity index (χ1v) is 9.44. The van der Waals surface area contributed by atoms with Crippen LogP contribution in [0.1, 0.15) is 33.2 Å². The van der Waals surface area contributed by atoms with E-state index in [-0.39, 0.29) is 23.0 Å². The quantitative estimate of drug-likeness (QED) is 0.533. The number of hydrogen-bond acceptors (Lipinski definition) is 6. The van der Waals surface area contributed by atoms with Gasteiger partial charge in [0.2, 0.25) is 5.91 Å². The molecule has 0 aliphatic heterocycles. The highest BCUT2D eigenvalue weighted by Gasteiger charge is 2.14. The minimum Gasteiger partial charge on any atom is -0.496 e. The van der Waals surface area contributed by atoms with Crippen LogP contribution in [0.4, 0.5) is 10.1 Å². The third-order valence-electron chi connectivity index (χ3n) is 3.83. The average molecular weight is 405 g/mol. The summed E-state index contributed by atoms with van der Waals surface area (Å²) in [4.78, 5) is 35.2. The Balaban J connectivity index is 1.97. The molecule has 0 unspecified atom stereocenters. The number of methoxy groups -OCH3 is 2. The number of ketones is 1. The lowest BCUT2D eigenvalue weighted by atomic mass is 10.1. The van der Waals surface area contributed by atoms with Gasteiger partial charge in [0.05, 0.1) is 25.5 Å². The van der Waals surface area contributed by atoms with Crippen molar-refractivity contribution in [1.29, 1.82) is 0 Å². The summed E-state index contributed by atoms with van der Waals surface area (Å²) in [6, 6.07) is 8.84. The van der Waals surface area contributed by atoms with Crippen LogP contribution in [0.2, 0.25) is 0 Å². The Bertz CT molecular complexity index is 900. The molecule has 0 spiro atoms. The van der Waals surface area contributed by atoms with Crippen molar-refractivity contribution in [1.82, 2.24) is 0 Å². The van der Waals surface area contributed by atoms with Gasteiger partial charge in [0, 0.05) is 22.6 Å². The molecule has 28 heavy (non-hydrogen) atoms. The van der Waals surface area contributed by atoms with Gasteiger partial charge < -0.3 is 14.8 Å². The second-order valence-corrected chi connectivity index (χ2v) is 6.80. The van der Waals surface area contributed by atoms with Crippen molar-refractivity contribution in [3.8, 4) is 5.75 Å². The maximum Gasteiger partial charge on any atom is 0.340 e. The number of benzene rings is 2. The number of Topliss-reactive ketones (excluding diaryl/α,β-unsaturated/α-hetero) is 1. The van der Waals surface area contributed by atoms with E-state index < -0.39 is 11.8 Å². The van der Waals surface area contributed by atoms with E-state index >= 15 is 0 Å². The van der Waals surface area contributed by atoms with Gasteiger partial charge in [0.1, 0.15) is 11.6 Å². The Morgan fingerprint density at radius 1 is 1.11 bits per heavy atom. The molecular formula is C20H20FNO5S.